The number of hydrogen-bond acceptors (Lipinski definition) is 2. The lowest BCUT2D eigenvalue weighted by Gasteiger charge is -2.18. The van der Waals surface area contributed by atoms with Gasteiger partial charge in [0.2, 0.25) is 0 Å². The van der Waals surface area contributed by atoms with Gasteiger partial charge in [-0.05, 0) is 44.2 Å². The van der Waals surface area contributed by atoms with E-state index in [1.54, 1.807) is 26.2 Å². The number of likely N-dealkylation sites (N-methyl/N-ethyl adjacent to an activating group) is 1. The van der Waals surface area contributed by atoms with Crippen LogP contribution in [-0.4, -0.2) is 12.0 Å². The number of pyridine rings is 1. The highest BCUT2D eigenvalue weighted by Gasteiger charge is 2.18. The zero-order chi connectivity index (χ0) is 14.7. The maximum atomic E-state index is 14.0. The van der Waals surface area contributed by atoms with E-state index in [1.165, 1.54) is 0 Å². The summed E-state index contributed by atoms with van der Waals surface area (Å²) in [6.45, 7) is 3.61. The molecule has 0 bridgehead atoms. The summed E-state index contributed by atoms with van der Waals surface area (Å²) in [6, 6.07) is 6.12. The van der Waals surface area contributed by atoms with Crippen molar-refractivity contribution < 1.29 is 8.78 Å². The first-order chi connectivity index (χ1) is 9.52. The molecule has 2 nitrogen and oxygen atoms in total. The fraction of sp³-hybridized carbons (Fsp3) is 0.312. The molecule has 1 unspecified atom stereocenters. The molecule has 0 saturated heterocycles. The van der Waals surface area contributed by atoms with Gasteiger partial charge in [0.1, 0.15) is 11.6 Å². The highest BCUT2D eigenvalue weighted by molar-refractivity contribution is 5.30. The molecule has 0 spiro atoms. The molecule has 2 aromatic rings. The maximum Gasteiger partial charge on any atom is 0.130 e. The van der Waals surface area contributed by atoms with Gasteiger partial charge in [0.25, 0.3) is 0 Å². The standard InChI is InChI=1S/C16H18F2N2/c1-10-5-4-6-20-15(10)9-16(19-3)12-7-11(2)13(17)8-14(12)18/h4-8,16,19H,9H2,1-3H3. The van der Waals surface area contributed by atoms with Gasteiger partial charge in [-0.3, -0.25) is 4.98 Å². The lowest BCUT2D eigenvalue weighted by atomic mass is 9.97. The Labute approximate surface area is 117 Å². The van der Waals surface area contributed by atoms with Crippen LogP contribution >= 0.6 is 0 Å². The van der Waals surface area contributed by atoms with Crippen molar-refractivity contribution in [3.63, 3.8) is 0 Å². The Morgan fingerprint density at radius 3 is 2.55 bits per heavy atom. The molecular weight excluding hydrogens is 258 g/mol. The monoisotopic (exact) mass is 276 g/mol. The Balaban J connectivity index is 2.34. The smallest absolute Gasteiger partial charge is 0.130 e. The van der Waals surface area contributed by atoms with E-state index in [-0.39, 0.29) is 6.04 Å². The Hall–Kier alpha value is -1.81. The molecule has 20 heavy (non-hydrogen) atoms. The van der Waals surface area contributed by atoms with E-state index in [1.807, 2.05) is 19.1 Å². The number of halogens is 2. The van der Waals surface area contributed by atoms with E-state index in [0.29, 0.717) is 17.5 Å². The fourth-order valence-electron chi connectivity index (χ4n) is 2.24. The van der Waals surface area contributed by atoms with Crippen LogP contribution in [0.3, 0.4) is 0 Å². The Bertz CT molecular complexity index is 611. The van der Waals surface area contributed by atoms with Gasteiger partial charge >= 0.3 is 0 Å². The Morgan fingerprint density at radius 2 is 1.90 bits per heavy atom. The summed E-state index contributed by atoms with van der Waals surface area (Å²) in [5, 5.41) is 3.08. The highest BCUT2D eigenvalue weighted by atomic mass is 19.1. The van der Waals surface area contributed by atoms with Crippen molar-refractivity contribution >= 4 is 0 Å². The Kier molecular flexibility index (Phi) is 4.45. The normalized spacial score (nSPS) is 12.4. The molecule has 1 aromatic heterocycles. The molecule has 0 aliphatic carbocycles. The molecule has 0 saturated carbocycles. The van der Waals surface area contributed by atoms with Gasteiger partial charge in [-0.2, -0.15) is 0 Å². The lowest BCUT2D eigenvalue weighted by molar-refractivity contribution is 0.515. The molecule has 4 heteroatoms. The summed E-state index contributed by atoms with van der Waals surface area (Å²) in [5.74, 6) is -1.05. The van der Waals surface area contributed by atoms with Crippen molar-refractivity contribution in [2.24, 2.45) is 0 Å². The van der Waals surface area contributed by atoms with Crippen molar-refractivity contribution in [1.82, 2.24) is 10.3 Å². The summed E-state index contributed by atoms with van der Waals surface area (Å²) in [6.07, 6.45) is 2.28. The van der Waals surface area contributed by atoms with Crippen molar-refractivity contribution in [2.45, 2.75) is 26.3 Å². The molecular formula is C16H18F2N2. The van der Waals surface area contributed by atoms with E-state index >= 15 is 0 Å². The van der Waals surface area contributed by atoms with Gasteiger partial charge < -0.3 is 5.32 Å². The third-order valence-corrected chi connectivity index (χ3v) is 3.52. The topological polar surface area (TPSA) is 24.9 Å². The van der Waals surface area contributed by atoms with Crippen LogP contribution in [0.1, 0.15) is 28.4 Å². The molecule has 0 aliphatic heterocycles. The third kappa shape index (κ3) is 3.02. The van der Waals surface area contributed by atoms with E-state index in [9.17, 15) is 8.78 Å². The minimum absolute atomic E-state index is 0.233. The number of nitrogens with zero attached hydrogens (tertiary/aromatic N) is 1. The average molecular weight is 276 g/mol. The molecule has 1 N–H and O–H groups in total. The molecule has 106 valence electrons. The van der Waals surface area contributed by atoms with Gasteiger partial charge in [-0.25, -0.2) is 8.78 Å². The molecule has 0 amide bonds. The van der Waals surface area contributed by atoms with Gasteiger partial charge in [-0.15, -0.1) is 0 Å². The molecule has 2 rings (SSSR count). The summed E-state index contributed by atoms with van der Waals surface area (Å²) in [7, 11) is 1.76. The first-order valence-corrected chi connectivity index (χ1v) is 6.56. The molecule has 0 aliphatic rings. The fourth-order valence-corrected chi connectivity index (χ4v) is 2.24. The van der Waals surface area contributed by atoms with Crippen LogP contribution in [0.25, 0.3) is 0 Å². The molecule has 1 aromatic carbocycles. The minimum atomic E-state index is -0.527. The molecule has 1 atom stereocenters. The van der Waals surface area contributed by atoms with Crippen molar-refractivity contribution in [2.75, 3.05) is 7.05 Å². The second-order valence-corrected chi connectivity index (χ2v) is 4.94. The lowest BCUT2D eigenvalue weighted by Crippen LogP contribution is -2.21. The predicted molar refractivity (Wildman–Crippen MR) is 75.6 cm³/mol. The summed E-state index contributed by atoms with van der Waals surface area (Å²) in [4.78, 5) is 4.32. The van der Waals surface area contributed by atoms with E-state index in [2.05, 4.69) is 10.3 Å². The summed E-state index contributed by atoms with van der Waals surface area (Å²) >= 11 is 0. The van der Waals surface area contributed by atoms with Crippen LogP contribution in [0.2, 0.25) is 0 Å². The van der Waals surface area contributed by atoms with Crippen molar-refractivity contribution in [3.05, 3.63) is 64.5 Å². The second-order valence-electron chi connectivity index (χ2n) is 4.94. The number of aromatic nitrogens is 1. The quantitative estimate of drug-likeness (QED) is 0.924. The van der Waals surface area contributed by atoms with E-state index in [0.717, 1.165) is 17.3 Å². The Morgan fingerprint density at radius 1 is 1.15 bits per heavy atom. The van der Waals surface area contributed by atoms with Crippen LogP contribution in [0, 0.1) is 25.5 Å². The number of rotatable bonds is 4. The molecule has 0 radical (unpaired) electrons. The van der Waals surface area contributed by atoms with E-state index < -0.39 is 11.6 Å². The predicted octanol–water partition coefficient (Wildman–Crippen LogP) is 3.48. The van der Waals surface area contributed by atoms with Gasteiger partial charge in [0.05, 0.1) is 0 Å². The SMILES string of the molecule is CNC(Cc1ncccc1C)c1cc(C)c(F)cc1F. The van der Waals surface area contributed by atoms with Crippen LogP contribution in [0.5, 0.6) is 0 Å². The molecule has 0 fully saturated rings. The second kappa shape index (κ2) is 6.09. The van der Waals surface area contributed by atoms with Crippen LogP contribution in [0.4, 0.5) is 8.78 Å². The number of hydrogen-bond donors (Lipinski definition) is 1. The number of aryl methyl sites for hydroxylation is 2. The zero-order valence-electron chi connectivity index (χ0n) is 11.9. The average Bonchev–Trinajstić information content (AvgIpc) is 2.42. The summed E-state index contributed by atoms with van der Waals surface area (Å²) in [5.41, 5.74) is 2.89. The minimum Gasteiger partial charge on any atom is -0.313 e. The van der Waals surface area contributed by atoms with Crippen molar-refractivity contribution in [1.29, 1.82) is 0 Å². The van der Waals surface area contributed by atoms with E-state index in [4.69, 9.17) is 0 Å². The van der Waals surface area contributed by atoms with Gasteiger partial charge in [0.15, 0.2) is 0 Å². The molecule has 1 heterocycles. The first kappa shape index (κ1) is 14.6. The number of benzene rings is 1. The maximum absolute atomic E-state index is 14.0. The zero-order valence-corrected chi connectivity index (χ0v) is 11.9. The van der Waals surface area contributed by atoms with Crippen LogP contribution < -0.4 is 5.32 Å². The largest absolute Gasteiger partial charge is 0.313 e. The van der Waals surface area contributed by atoms with Gasteiger partial charge in [0, 0.05) is 36.0 Å². The van der Waals surface area contributed by atoms with Crippen molar-refractivity contribution in [3.8, 4) is 0 Å². The van der Waals surface area contributed by atoms with Crippen LogP contribution in [0.15, 0.2) is 30.5 Å². The van der Waals surface area contributed by atoms with Gasteiger partial charge in [-0.1, -0.05) is 6.07 Å². The first-order valence-electron chi connectivity index (χ1n) is 6.56. The third-order valence-electron chi connectivity index (χ3n) is 3.52. The highest BCUT2D eigenvalue weighted by Crippen LogP contribution is 2.24. The summed E-state index contributed by atoms with van der Waals surface area (Å²) < 4.78 is 27.3. The number of nitrogens with one attached hydrogen (secondary N) is 1. The van der Waals surface area contributed by atoms with Crippen LogP contribution in [-0.2, 0) is 6.42 Å².